The lowest BCUT2D eigenvalue weighted by atomic mass is 9.96. The second-order valence-corrected chi connectivity index (χ2v) is 7.77. The molecule has 4 rings (SSSR count). The number of alkyl halides is 1. The number of carbonyl (C=O) groups excluding carboxylic acids is 1. The van der Waals surface area contributed by atoms with Crippen LogP contribution >= 0.6 is 0 Å². The molecule has 1 aromatic carbocycles. The van der Waals surface area contributed by atoms with Crippen molar-refractivity contribution in [2.45, 2.75) is 26.1 Å². The summed E-state index contributed by atoms with van der Waals surface area (Å²) in [5.74, 6) is 1.35. The Bertz CT molecular complexity index is 1070. The van der Waals surface area contributed by atoms with Gasteiger partial charge in [0, 0.05) is 50.7 Å². The summed E-state index contributed by atoms with van der Waals surface area (Å²) in [6, 6.07) is 10.9. The average molecular weight is 451 g/mol. The first-order chi connectivity index (χ1) is 16.2. The maximum atomic E-state index is 13.1. The van der Waals surface area contributed by atoms with Crippen LogP contribution in [0.5, 0.6) is 0 Å². The van der Waals surface area contributed by atoms with Crippen molar-refractivity contribution in [3.05, 3.63) is 59.9 Å². The fourth-order valence-electron chi connectivity index (χ4n) is 3.77. The van der Waals surface area contributed by atoms with Crippen molar-refractivity contribution < 1.29 is 9.18 Å². The number of nitrogens with one attached hydrogen (secondary N) is 3. The number of halogens is 1. The molecule has 3 heterocycles. The molecule has 1 fully saturated rings. The van der Waals surface area contributed by atoms with Gasteiger partial charge in [-0.15, -0.1) is 0 Å². The van der Waals surface area contributed by atoms with Gasteiger partial charge in [-0.3, -0.25) is 9.78 Å². The van der Waals surface area contributed by atoms with Gasteiger partial charge in [0.15, 0.2) is 0 Å². The highest BCUT2D eigenvalue weighted by atomic mass is 19.1. The number of hydrogen-bond donors (Lipinski definition) is 3. The number of amides is 1. The van der Waals surface area contributed by atoms with Crippen LogP contribution in [0.3, 0.4) is 0 Å². The highest BCUT2D eigenvalue weighted by Crippen LogP contribution is 2.23. The summed E-state index contributed by atoms with van der Waals surface area (Å²) in [6.45, 7) is 1.10. The smallest absolute Gasteiger partial charge is 0.233 e. The Morgan fingerprint density at radius 2 is 1.73 bits per heavy atom. The number of anilines is 4. The van der Waals surface area contributed by atoms with Crippen LogP contribution in [-0.4, -0.2) is 46.0 Å². The van der Waals surface area contributed by atoms with E-state index in [1.807, 2.05) is 24.3 Å². The van der Waals surface area contributed by atoms with E-state index in [1.54, 1.807) is 31.6 Å². The molecule has 0 unspecified atom stereocenters. The van der Waals surface area contributed by atoms with Crippen molar-refractivity contribution in [2.24, 2.45) is 5.92 Å². The fraction of sp³-hybridized carbons (Fsp3) is 0.348. The molecule has 0 saturated carbocycles. The minimum Gasteiger partial charge on any atom is -0.357 e. The highest BCUT2D eigenvalue weighted by molar-refractivity contribution is 5.79. The molecule has 1 aliphatic rings. The molecule has 1 aliphatic heterocycles. The summed E-state index contributed by atoms with van der Waals surface area (Å²) in [7, 11) is 1.76. The van der Waals surface area contributed by atoms with E-state index in [0.29, 0.717) is 55.9 Å². The SMILES string of the molecule is CNc1nc(Nc2ccncc2)nc(N2CCC(C(=O)NCc3ccccc3CF)CC2)n1. The van der Waals surface area contributed by atoms with E-state index in [9.17, 15) is 9.18 Å². The molecule has 0 bridgehead atoms. The molecule has 0 atom stereocenters. The van der Waals surface area contributed by atoms with E-state index in [4.69, 9.17) is 0 Å². The third-order valence-electron chi connectivity index (χ3n) is 5.65. The summed E-state index contributed by atoms with van der Waals surface area (Å²) < 4.78 is 13.1. The van der Waals surface area contributed by atoms with Gasteiger partial charge in [-0.05, 0) is 36.1 Å². The fourth-order valence-corrected chi connectivity index (χ4v) is 3.77. The van der Waals surface area contributed by atoms with Gasteiger partial charge in [-0.2, -0.15) is 15.0 Å². The van der Waals surface area contributed by atoms with E-state index in [-0.39, 0.29) is 11.8 Å². The number of rotatable bonds is 8. The summed E-state index contributed by atoms with van der Waals surface area (Å²) >= 11 is 0. The molecule has 1 saturated heterocycles. The van der Waals surface area contributed by atoms with Crippen molar-refractivity contribution in [2.75, 3.05) is 35.7 Å². The molecule has 0 radical (unpaired) electrons. The Balaban J connectivity index is 1.36. The Morgan fingerprint density at radius 1 is 1.03 bits per heavy atom. The zero-order valence-corrected chi connectivity index (χ0v) is 18.5. The molecular formula is C23H27FN8O. The van der Waals surface area contributed by atoms with Gasteiger partial charge in [-0.1, -0.05) is 24.3 Å². The third-order valence-corrected chi connectivity index (χ3v) is 5.65. The van der Waals surface area contributed by atoms with Crippen LogP contribution in [0.25, 0.3) is 0 Å². The number of aromatic nitrogens is 4. The normalized spacial score (nSPS) is 14.1. The summed E-state index contributed by atoms with van der Waals surface area (Å²) in [6.07, 6.45) is 4.75. The average Bonchev–Trinajstić information content (AvgIpc) is 2.88. The largest absolute Gasteiger partial charge is 0.357 e. The zero-order chi connectivity index (χ0) is 23.0. The first-order valence-electron chi connectivity index (χ1n) is 10.9. The molecule has 0 aliphatic carbocycles. The van der Waals surface area contributed by atoms with E-state index in [2.05, 4.69) is 40.8 Å². The first-order valence-corrected chi connectivity index (χ1v) is 10.9. The summed E-state index contributed by atoms with van der Waals surface area (Å²) in [5.41, 5.74) is 2.25. The maximum absolute atomic E-state index is 13.1. The van der Waals surface area contributed by atoms with Crippen LogP contribution in [0.4, 0.5) is 27.9 Å². The first kappa shape index (κ1) is 22.4. The van der Waals surface area contributed by atoms with Crippen LogP contribution in [0.1, 0.15) is 24.0 Å². The molecule has 3 N–H and O–H groups in total. The summed E-state index contributed by atoms with van der Waals surface area (Å²) in [4.78, 5) is 32.2. The van der Waals surface area contributed by atoms with Crippen LogP contribution in [0, 0.1) is 5.92 Å². The second kappa shape index (κ2) is 10.7. The monoisotopic (exact) mass is 450 g/mol. The van der Waals surface area contributed by atoms with Gasteiger partial charge >= 0.3 is 0 Å². The topological polar surface area (TPSA) is 108 Å². The Hall–Kier alpha value is -3.82. The molecule has 172 valence electrons. The number of hydrogen-bond acceptors (Lipinski definition) is 8. The van der Waals surface area contributed by atoms with Gasteiger partial charge in [0.25, 0.3) is 0 Å². The van der Waals surface area contributed by atoms with E-state index in [0.717, 1.165) is 11.3 Å². The van der Waals surface area contributed by atoms with E-state index in [1.165, 1.54) is 0 Å². The number of piperidine rings is 1. The van der Waals surface area contributed by atoms with Crippen molar-refractivity contribution >= 4 is 29.4 Å². The minimum absolute atomic E-state index is 0.00471. The molecule has 0 spiro atoms. The van der Waals surface area contributed by atoms with Crippen molar-refractivity contribution in [3.8, 4) is 0 Å². The molecular weight excluding hydrogens is 423 g/mol. The Labute approximate surface area is 191 Å². The van der Waals surface area contributed by atoms with Crippen molar-refractivity contribution in [3.63, 3.8) is 0 Å². The molecule has 2 aromatic heterocycles. The van der Waals surface area contributed by atoms with Gasteiger partial charge in [0.2, 0.25) is 23.8 Å². The number of pyridine rings is 1. The van der Waals surface area contributed by atoms with Crippen molar-refractivity contribution in [1.82, 2.24) is 25.3 Å². The maximum Gasteiger partial charge on any atom is 0.233 e. The molecule has 33 heavy (non-hydrogen) atoms. The number of nitrogens with zero attached hydrogens (tertiary/aromatic N) is 5. The van der Waals surface area contributed by atoms with Gasteiger partial charge in [0.1, 0.15) is 6.67 Å². The van der Waals surface area contributed by atoms with Crippen LogP contribution < -0.4 is 20.9 Å². The molecule has 3 aromatic rings. The summed E-state index contributed by atoms with van der Waals surface area (Å²) in [5, 5.41) is 9.10. The minimum atomic E-state index is -0.539. The van der Waals surface area contributed by atoms with Gasteiger partial charge in [-0.25, -0.2) is 4.39 Å². The third kappa shape index (κ3) is 5.71. The standard InChI is InChI=1S/C23H27FN8O/c1-25-21-29-22(28-19-6-10-26-11-7-19)31-23(30-21)32-12-8-16(9-13-32)20(33)27-15-18-5-3-2-4-17(18)14-24/h2-7,10-11,16H,8-9,12-15H2,1H3,(H,27,33)(H2,25,26,28,29,30,31). The van der Waals surface area contributed by atoms with E-state index < -0.39 is 6.67 Å². The lowest BCUT2D eigenvalue weighted by Gasteiger charge is -2.31. The second-order valence-electron chi connectivity index (χ2n) is 7.77. The predicted molar refractivity (Wildman–Crippen MR) is 125 cm³/mol. The van der Waals surface area contributed by atoms with Crippen LogP contribution in [-0.2, 0) is 18.0 Å². The number of carbonyl (C=O) groups is 1. The Kier molecular flexibility index (Phi) is 7.23. The lowest BCUT2D eigenvalue weighted by Crippen LogP contribution is -2.41. The quantitative estimate of drug-likeness (QED) is 0.481. The Morgan fingerprint density at radius 3 is 2.42 bits per heavy atom. The predicted octanol–water partition coefficient (Wildman–Crippen LogP) is 3.05. The number of benzene rings is 1. The van der Waals surface area contributed by atoms with E-state index >= 15 is 0 Å². The molecule has 10 heteroatoms. The molecule has 1 amide bonds. The van der Waals surface area contributed by atoms with Crippen LogP contribution in [0.2, 0.25) is 0 Å². The zero-order valence-electron chi connectivity index (χ0n) is 18.5. The van der Waals surface area contributed by atoms with Gasteiger partial charge in [0.05, 0.1) is 0 Å². The lowest BCUT2D eigenvalue weighted by molar-refractivity contribution is -0.125. The highest BCUT2D eigenvalue weighted by Gasteiger charge is 2.26. The van der Waals surface area contributed by atoms with Crippen molar-refractivity contribution in [1.29, 1.82) is 0 Å². The molecule has 9 nitrogen and oxygen atoms in total. The van der Waals surface area contributed by atoms with Gasteiger partial charge < -0.3 is 20.9 Å². The van der Waals surface area contributed by atoms with Crippen LogP contribution in [0.15, 0.2) is 48.8 Å².